The van der Waals surface area contributed by atoms with Crippen LogP contribution in [0.4, 0.5) is 5.69 Å². The number of nitrogens with one attached hydrogen (secondary N) is 1. The predicted octanol–water partition coefficient (Wildman–Crippen LogP) is 4.41. The van der Waals surface area contributed by atoms with E-state index in [1.165, 1.54) is 40.8 Å². The van der Waals surface area contributed by atoms with Gasteiger partial charge in [-0.05, 0) is 55.5 Å². The van der Waals surface area contributed by atoms with Gasteiger partial charge in [-0.3, -0.25) is 0 Å². The van der Waals surface area contributed by atoms with Crippen LogP contribution in [0.25, 0.3) is 11.1 Å². The molecule has 2 aromatic rings. The molecule has 1 unspecified atom stereocenters. The maximum Gasteiger partial charge on any atom is 0.0375 e. The molecule has 1 N–H and O–H groups in total. The summed E-state index contributed by atoms with van der Waals surface area (Å²) >= 11 is 0. The van der Waals surface area contributed by atoms with Gasteiger partial charge in [-0.2, -0.15) is 0 Å². The zero-order chi connectivity index (χ0) is 12.5. The van der Waals surface area contributed by atoms with Crippen LogP contribution in [-0.4, -0.2) is 6.04 Å². The first-order valence-electron chi connectivity index (χ1n) is 6.69. The molecule has 1 heterocycles. The summed E-state index contributed by atoms with van der Waals surface area (Å²) in [5.74, 6) is 0. The minimum atomic E-state index is 0.600. The highest BCUT2D eigenvalue weighted by Gasteiger charge is 2.14. The van der Waals surface area contributed by atoms with Gasteiger partial charge < -0.3 is 5.32 Å². The monoisotopic (exact) mass is 237 g/mol. The lowest BCUT2D eigenvalue weighted by Gasteiger charge is -2.24. The summed E-state index contributed by atoms with van der Waals surface area (Å²) in [6, 6.07) is 16.1. The van der Waals surface area contributed by atoms with Gasteiger partial charge in [0.1, 0.15) is 0 Å². The third kappa shape index (κ3) is 2.13. The van der Waals surface area contributed by atoms with E-state index < -0.39 is 0 Å². The Morgan fingerprint density at radius 1 is 1.00 bits per heavy atom. The van der Waals surface area contributed by atoms with Crippen molar-refractivity contribution < 1.29 is 0 Å². The number of aryl methyl sites for hydroxylation is 2. The van der Waals surface area contributed by atoms with E-state index in [1.54, 1.807) is 0 Å². The Morgan fingerprint density at radius 2 is 1.72 bits per heavy atom. The van der Waals surface area contributed by atoms with Crippen molar-refractivity contribution >= 4 is 5.69 Å². The van der Waals surface area contributed by atoms with E-state index in [0.717, 1.165) is 0 Å². The molecule has 2 aromatic carbocycles. The number of fused-ring (bicyclic) bond motifs is 1. The van der Waals surface area contributed by atoms with Gasteiger partial charge in [0.05, 0.1) is 0 Å². The quantitative estimate of drug-likeness (QED) is 0.774. The highest BCUT2D eigenvalue weighted by atomic mass is 14.9. The topological polar surface area (TPSA) is 12.0 Å². The van der Waals surface area contributed by atoms with Gasteiger partial charge in [0.15, 0.2) is 0 Å². The molecule has 0 bridgehead atoms. The molecule has 18 heavy (non-hydrogen) atoms. The summed E-state index contributed by atoms with van der Waals surface area (Å²) in [7, 11) is 0. The molecule has 0 saturated heterocycles. The number of rotatable bonds is 1. The fourth-order valence-corrected chi connectivity index (χ4v) is 2.58. The number of hydrogen-bond donors (Lipinski definition) is 1. The number of hydrogen-bond acceptors (Lipinski definition) is 1. The lowest BCUT2D eigenvalue weighted by atomic mass is 9.94. The minimum absolute atomic E-state index is 0.600. The Balaban J connectivity index is 1.97. The van der Waals surface area contributed by atoms with Crippen LogP contribution in [0.1, 0.15) is 24.5 Å². The van der Waals surface area contributed by atoms with Crippen LogP contribution < -0.4 is 5.32 Å². The largest absolute Gasteiger partial charge is 0.382 e. The van der Waals surface area contributed by atoms with E-state index in [4.69, 9.17) is 0 Å². The summed E-state index contributed by atoms with van der Waals surface area (Å²) in [4.78, 5) is 0. The van der Waals surface area contributed by atoms with Gasteiger partial charge >= 0.3 is 0 Å². The Labute approximate surface area is 109 Å². The molecule has 0 radical (unpaired) electrons. The van der Waals surface area contributed by atoms with Crippen molar-refractivity contribution in [2.75, 3.05) is 5.32 Å². The van der Waals surface area contributed by atoms with Crippen molar-refractivity contribution in [3.63, 3.8) is 0 Å². The Hall–Kier alpha value is -1.76. The molecule has 3 rings (SSSR count). The summed E-state index contributed by atoms with van der Waals surface area (Å²) in [6.07, 6.45) is 2.41. The molecule has 92 valence electrons. The average molecular weight is 237 g/mol. The Kier molecular flexibility index (Phi) is 2.83. The maximum absolute atomic E-state index is 3.55. The first kappa shape index (κ1) is 11.3. The fraction of sp³-hybridized carbons (Fsp3) is 0.294. The van der Waals surface area contributed by atoms with Gasteiger partial charge in [-0.15, -0.1) is 0 Å². The van der Waals surface area contributed by atoms with E-state index in [0.29, 0.717) is 6.04 Å². The van der Waals surface area contributed by atoms with Crippen LogP contribution in [0, 0.1) is 6.92 Å². The highest BCUT2D eigenvalue weighted by molar-refractivity contribution is 5.69. The third-order valence-electron chi connectivity index (χ3n) is 3.74. The molecule has 0 amide bonds. The van der Waals surface area contributed by atoms with Crippen LogP contribution in [0.15, 0.2) is 42.5 Å². The average Bonchev–Trinajstić information content (AvgIpc) is 2.39. The molecule has 1 heteroatoms. The molecule has 0 aliphatic carbocycles. The van der Waals surface area contributed by atoms with Crippen LogP contribution in [0.5, 0.6) is 0 Å². The van der Waals surface area contributed by atoms with Gasteiger partial charge in [0, 0.05) is 11.7 Å². The molecular formula is C17H19N. The minimum Gasteiger partial charge on any atom is -0.382 e. The predicted molar refractivity (Wildman–Crippen MR) is 78.0 cm³/mol. The van der Waals surface area contributed by atoms with Crippen molar-refractivity contribution in [3.8, 4) is 11.1 Å². The van der Waals surface area contributed by atoms with E-state index >= 15 is 0 Å². The summed E-state index contributed by atoms with van der Waals surface area (Å²) in [5, 5.41) is 3.55. The van der Waals surface area contributed by atoms with Crippen LogP contribution in [-0.2, 0) is 6.42 Å². The SMILES string of the molecule is Cc1ccc(-c2ccc3c(c2)CCC(C)N3)cc1. The van der Waals surface area contributed by atoms with Gasteiger partial charge in [0.2, 0.25) is 0 Å². The summed E-state index contributed by atoms with van der Waals surface area (Å²) < 4.78 is 0. The standard InChI is InChI=1S/C17H19N/c1-12-3-6-14(7-4-12)15-9-10-17-16(11-15)8-5-13(2)18-17/h3-4,6-7,9-11,13,18H,5,8H2,1-2H3. The molecule has 0 spiro atoms. The zero-order valence-corrected chi connectivity index (χ0v) is 11.0. The van der Waals surface area contributed by atoms with Crippen molar-refractivity contribution in [1.82, 2.24) is 0 Å². The van der Waals surface area contributed by atoms with E-state index in [1.807, 2.05) is 0 Å². The molecule has 1 nitrogen and oxygen atoms in total. The van der Waals surface area contributed by atoms with Crippen LogP contribution in [0.2, 0.25) is 0 Å². The lowest BCUT2D eigenvalue weighted by molar-refractivity contribution is 0.681. The van der Waals surface area contributed by atoms with E-state index in [9.17, 15) is 0 Å². The normalized spacial score (nSPS) is 18.0. The fourth-order valence-electron chi connectivity index (χ4n) is 2.58. The first-order valence-corrected chi connectivity index (χ1v) is 6.69. The van der Waals surface area contributed by atoms with Crippen molar-refractivity contribution in [3.05, 3.63) is 53.6 Å². The molecular weight excluding hydrogens is 218 g/mol. The highest BCUT2D eigenvalue weighted by Crippen LogP contribution is 2.30. The zero-order valence-electron chi connectivity index (χ0n) is 11.0. The number of benzene rings is 2. The lowest BCUT2D eigenvalue weighted by Crippen LogP contribution is -2.21. The Morgan fingerprint density at radius 3 is 2.50 bits per heavy atom. The van der Waals surface area contributed by atoms with Crippen LogP contribution in [0.3, 0.4) is 0 Å². The molecule has 0 aromatic heterocycles. The number of anilines is 1. The van der Waals surface area contributed by atoms with E-state index in [2.05, 4.69) is 61.6 Å². The molecule has 0 fully saturated rings. The second-order valence-corrected chi connectivity index (χ2v) is 5.32. The first-order chi connectivity index (χ1) is 8.72. The summed E-state index contributed by atoms with van der Waals surface area (Å²) in [5.41, 5.74) is 6.70. The third-order valence-corrected chi connectivity index (χ3v) is 3.74. The molecule has 1 atom stereocenters. The Bertz CT molecular complexity index is 554. The van der Waals surface area contributed by atoms with E-state index in [-0.39, 0.29) is 0 Å². The molecule has 0 saturated carbocycles. The van der Waals surface area contributed by atoms with Crippen molar-refractivity contribution in [2.45, 2.75) is 32.7 Å². The molecule has 1 aliphatic rings. The van der Waals surface area contributed by atoms with Gasteiger partial charge in [-0.25, -0.2) is 0 Å². The smallest absolute Gasteiger partial charge is 0.0375 e. The van der Waals surface area contributed by atoms with Crippen LogP contribution >= 0.6 is 0 Å². The second-order valence-electron chi connectivity index (χ2n) is 5.32. The summed E-state index contributed by atoms with van der Waals surface area (Å²) in [6.45, 7) is 4.37. The van der Waals surface area contributed by atoms with Crippen molar-refractivity contribution in [2.24, 2.45) is 0 Å². The van der Waals surface area contributed by atoms with Gasteiger partial charge in [0.25, 0.3) is 0 Å². The molecule has 1 aliphatic heterocycles. The van der Waals surface area contributed by atoms with Crippen molar-refractivity contribution in [1.29, 1.82) is 0 Å². The maximum atomic E-state index is 3.55. The second kappa shape index (κ2) is 4.49. The van der Waals surface area contributed by atoms with Gasteiger partial charge in [-0.1, -0.05) is 35.9 Å².